The largest absolute Gasteiger partial charge is 0.469 e. The van der Waals surface area contributed by atoms with Crippen LogP contribution in [-0.4, -0.2) is 6.04 Å². The highest BCUT2D eigenvalue weighted by Gasteiger charge is 2.06. The lowest BCUT2D eigenvalue weighted by Crippen LogP contribution is -2.16. The van der Waals surface area contributed by atoms with Gasteiger partial charge in [0.2, 0.25) is 0 Å². The molecule has 0 bridgehead atoms. The van der Waals surface area contributed by atoms with Crippen LogP contribution in [-0.2, 0) is 12.8 Å². The fourth-order valence-corrected chi connectivity index (χ4v) is 2.12. The first-order valence-electron chi connectivity index (χ1n) is 6.66. The van der Waals surface area contributed by atoms with E-state index in [-0.39, 0.29) is 0 Å². The number of aryl methyl sites for hydroxylation is 2. The van der Waals surface area contributed by atoms with Gasteiger partial charge in [-0.05, 0) is 43.5 Å². The second-order valence-corrected chi connectivity index (χ2v) is 4.67. The van der Waals surface area contributed by atoms with E-state index in [4.69, 9.17) is 4.42 Å². The number of nitrogens with one attached hydrogen (secondary N) is 1. The molecule has 1 atom stereocenters. The number of benzene rings is 1. The summed E-state index contributed by atoms with van der Waals surface area (Å²) < 4.78 is 5.35. The van der Waals surface area contributed by atoms with Gasteiger partial charge < -0.3 is 9.73 Å². The summed E-state index contributed by atoms with van der Waals surface area (Å²) in [7, 11) is 0. The maximum absolute atomic E-state index is 5.35. The molecular weight excluding hydrogens is 222 g/mol. The molecule has 0 fully saturated rings. The van der Waals surface area contributed by atoms with Crippen LogP contribution in [0.5, 0.6) is 0 Å². The normalized spacial score (nSPS) is 12.3. The summed E-state index contributed by atoms with van der Waals surface area (Å²) in [5.41, 5.74) is 2.63. The number of furan rings is 1. The average Bonchev–Trinajstić information content (AvgIpc) is 2.90. The second kappa shape index (κ2) is 6.29. The van der Waals surface area contributed by atoms with E-state index >= 15 is 0 Å². The van der Waals surface area contributed by atoms with Crippen molar-refractivity contribution in [3.8, 4) is 0 Å². The van der Waals surface area contributed by atoms with Crippen LogP contribution < -0.4 is 5.32 Å². The van der Waals surface area contributed by atoms with Gasteiger partial charge in [0.15, 0.2) is 0 Å². The Hall–Kier alpha value is -1.70. The van der Waals surface area contributed by atoms with Crippen molar-refractivity contribution in [2.45, 2.75) is 39.2 Å². The Bertz CT molecular complexity index is 462. The molecule has 0 spiro atoms. The minimum atomic E-state index is 0.447. The van der Waals surface area contributed by atoms with Crippen LogP contribution in [0, 0.1) is 0 Å². The van der Waals surface area contributed by atoms with Crippen LogP contribution in [0.4, 0.5) is 5.69 Å². The molecule has 2 heteroatoms. The minimum Gasteiger partial charge on any atom is -0.469 e. The smallest absolute Gasteiger partial charge is 0.103 e. The van der Waals surface area contributed by atoms with Crippen LogP contribution in [0.1, 0.15) is 31.6 Å². The molecular formula is C16H21NO. The maximum atomic E-state index is 5.35. The van der Waals surface area contributed by atoms with E-state index in [1.54, 1.807) is 6.26 Å². The molecule has 0 aliphatic carbocycles. The van der Waals surface area contributed by atoms with Gasteiger partial charge in [-0.1, -0.05) is 25.1 Å². The van der Waals surface area contributed by atoms with E-state index < -0.39 is 0 Å². The minimum absolute atomic E-state index is 0.447. The molecule has 0 aliphatic heterocycles. The highest BCUT2D eigenvalue weighted by Crippen LogP contribution is 2.18. The molecule has 0 saturated heterocycles. The van der Waals surface area contributed by atoms with Crippen molar-refractivity contribution in [2.75, 3.05) is 5.32 Å². The van der Waals surface area contributed by atoms with Gasteiger partial charge in [-0.15, -0.1) is 0 Å². The van der Waals surface area contributed by atoms with Crippen molar-refractivity contribution in [1.82, 2.24) is 0 Å². The molecule has 0 radical (unpaired) electrons. The summed E-state index contributed by atoms with van der Waals surface area (Å²) in [6, 6.07) is 12.9. The molecule has 2 nitrogen and oxygen atoms in total. The van der Waals surface area contributed by atoms with Crippen LogP contribution in [0.2, 0.25) is 0 Å². The zero-order chi connectivity index (χ0) is 12.8. The topological polar surface area (TPSA) is 25.2 Å². The Labute approximate surface area is 109 Å². The Balaban J connectivity index is 1.88. The molecule has 96 valence electrons. The predicted molar refractivity (Wildman–Crippen MR) is 75.9 cm³/mol. The van der Waals surface area contributed by atoms with Gasteiger partial charge in [-0.3, -0.25) is 0 Å². The molecule has 18 heavy (non-hydrogen) atoms. The third-order valence-electron chi connectivity index (χ3n) is 3.20. The van der Waals surface area contributed by atoms with Crippen molar-refractivity contribution in [3.63, 3.8) is 0 Å². The van der Waals surface area contributed by atoms with Crippen LogP contribution in [0.15, 0.2) is 47.1 Å². The monoisotopic (exact) mass is 243 g/mol. The average molecular weight is 243 g/mol. The standard InChI is InChI=1S/C16H21NO/c1-3-14-7-4-5-9-16(14)17-13(2)10-11-15-8-6-12-18-15/h4-9,12-13,17H,3,10-11H2,1-2H3. The molecule has 0 aliphatic rings. The second-order valence-electron chi connectivity index (χ2n) is 4.67. The fourth-order valence-electron chi connectivity index (χ4n) is 2.12. The molecule has 1 N–H and O–H groups in total. The van der Waals surface area contributed by atoms with Crippen molar-refractivity contribution >= 4 is 5.69 Å². The third-order valence-corrected chi connectivity index (χ3v) is 3.20. The van der Waals surface area contributed by atoms with E-state index in [0.717, 1.165) is 25.0 Å². The Morgan fingerprint density at radius 3 is 2.72 bits per heavy atom. The molecule has 2 rings (SSSR count). The van der Waals surface area contributed by atoms with E-state index in [1.807, 2.05) is 12.1 Å². The zero-order valence-corrected chi connectivity index (χ0v) is 11.1. The van der Waals surface area contributed by atoms with Gasteiger partial charge in [0.05, 0.1) is 6.26 Å². The lowest BCUT2D eigenvalue weighted by molar-refractivity contribution is 0.495. The highest BCUT2D eigenvalue weighted by atomic mass is 16.3. The quantitative estimate of drug-likeness (QED) is 0.819. The van der Waals surface area contributed by atoms with Crippen molar-refractivity contribution in [2.24, 2.45) is 0 Å². The predicted octanol–water partition coefficient (Wildman–Crippen LogP) is 4.28. The molecule has 0 amide bonds. The van der Waals surface area contributed by atoms with E-state index in [2.05, 4.69) is 43.4 Å². The van der Waals surface area contributed by atoms with Gasteiger partial charge in [0, 0.05) is 18.2 Å². The molecule has 1 aromatic heterocycles. The van der Waals surface area contributed by atoms with Crippen molar-refractivity contribution in [1.29, 1.82) is 0 Å². The molecule has 1 heterocycles. The third kappa shape index (κ3) is 3.39. The Morgan fingerprint density at radius 2 is 2.00 bits per heavy atom. The first-order valence-corrected chi connectivity index (χ1v) is 6.66. The summed E-state index contributed by atoms with van der Waals surface area (Å²) >= 11 is 0. The molecule has 1 aromatic carbocycles. The van der Waals surface area contributed by atoms with Gasteiger partial charge in [0.25, 0.3) is 0 Å². The summed E-state index contributed by atoms with van der Waals surface area (Å²) in [6.07, 6.45) is 4.86. The van der Waals surface area contributed by atoms with E-state index in [1.165, 1.54) is 11.3 Å². The van der Waals surface area contributed by atoms with Crippen molar-refractivity contribution < 1.29 is 4.42 Å². The van der Waals surface area contributed by atoms with Crippen LogP contribution >= 0.6 is 0 Å². The first-order chi connectivity index (χ1) is 8.79. The number of hydrogen-bond donors (Lipinski definition) is 1. The summed E-state index contributed by atoms with van der Waals surface area (Å²) in [5, 5.41) is 3.58. The lowest BCUT2D eigenvalue weighted by Gasteiger charge is -2.17. The number of anilines is 1. The van der Waals surface area contributed by atoms with Crippen LogP contribution in [0.25, 0.3) is 0 Å². The van der Waals surface area contributed by atoms with E-state index in [9.17, 15) is 0 Å². The van der Waals surface area contributed by atoms with Gasteiger partial charge in [-0.25, -0.2) is 0 Å². The molecule has 1 unspecified atom stereocenters. The lowest BCUT2D eigenvalue weighted by atomic mass is 10.1. The highest BCUT2D eigenvalue weighted by molar-refractivity contribution is 5.51. The Morgan fingerprint density at radius 1 is 1.17 bits per heavy atom. The number of para-hydroxylation sites is 1. The Kier molecular flexibility index (Phi) is 4.46. The maximum Gasteiger partial charge on any atom is 0.103 e. The zero-order valence-electron chi connectivity index (χ0n) is 11.1. The van der Waals surface area contributed by atoms with Crippen molar-refractivity contribution in [3.05, 3.63) is 54.0 Å². The van der Waals surface area contributed by atoms with Gasteiger partial charge >= 0.3 is 0 Å². The number of hydrogen-bond acceptors (Lipinski definition) is 2. The summed E-state index contributed by atoms with van der Waals surface area (Å²) in [4.78, 5) is 0. The number of rotatable bonds is 6. The summed E-state index contributed by atoms with van der Waals surface area (Å²) in [6.45, 7) is 4.41. The van der Waals surface area contributed by atoms with Gasteiger partial charge in [-0.2, -0.15) is 0 Å². The SMILES string of the molecule is CCc1ccccc1NC(C)CCc1ccco1. The first kappa shape index (κ1) is 12.7. The summed E-state index contributed by atoms with van der Waals surface area (Å²) in [5.74, 6) is 1.06. The van der Waals surface area contributed by atoms with E-state index in [0.29, 0.717) is 6.04 Å². The fraction of sp³-hybridized carbons (Fsp3) is 0.375. The van der Waals surface area contributed by atoms with Crippen LogP contribution in [0.3, 0.4) is 0 Å². The molecule has 2 aromatic rings. The van der Waals surface area contributed by atoms with Gasteiger partial charge in [0.1, 0.15) is 5.76 Å². The molecule has 0 saturated carbocycles.